The monoisotopic (exact) mass is 714 g/mol. The van der Waals surface area contributed by atoms with Gasteiger partial charge in [0.05, 0.1) is 11.0 Å². The molecule has 0 aliphatic rings. The molecule has 3 aromatic heterocycles. The van der Waals surface area contributed by atoms with Crippen LogP contribution in [0.1, 0.15) is 0 Å². The van der Waals surface area contributed by atoms with E-state index in [0.29, 0.717) is 17.5 Å². The third kappa shape index (κ3) is 4.58. The third-order valence-corrected chi connectivity index (χ3v) is 11.2. The molecule has 12 rings (SSSR count). The molecule has 0 atom stereocenters. The Morgan fingerprint density at radius 3 is 1.55 bits per heavy atom. The minimum absolute atomic E-state index is 0.601. The lowest BCUT2D eigenvalue weighted by Crippen LogP contribution is -2.00. The van der Waals surface area contributed by atoms with Gasteiger partial charge in [-0.3, -0.25) is 0 Å². The molecule has 0 spiro atoms. The summed E-state index contributed by atoms with van der Waals surface area (Å²) in [6.07, 6.45) is 0. The van der Waals surface area contributed by atoms with Crippen molar-refractivity contribution >= 4 is 76.1 Å². The van der Waals surface area contributed by atoms with Crippen LogP contribution in [0.25, 0.3) is 116 Å². The molecule has 260 valence electrons. The molecule has 5 nitrogen and oxygen atoms in total. The number of para-hydroxylation sites is 1. The van der Waals surface area contributed by atoms with E-state index >= 15 is 0 Å². The summed E-state index contributed by atoms with van der Waals surface area (Å²) >= 11 is 0. The predicted octanol–water partition coefficient (Wildman–Crippen LogP) is 13.3. The first-order valence-electron chi connectivity index (χ1n) is 18.9. The molecule has 0 fully saturated rings. The van der Waals surface area contributed by atoms with Crippen LogP contribution in [-0.2, 0) is 0 Å². The Kier molecular flexibility index (Phi) is 6.56. The van der Waals surface area contributed by atoms with Crippen LogP contribution in [0.5, 0.6) is 0 Å². The van der Waals surface area contributed by atoms with E-state index in [4.69, 9.17) is 19.4 Å². The van der Waals surface area contributed by atoms with Gasteiger partial charge in [-0.15, -0.1) is 0 Å². The summed E-state index contributed by atoms with van der Waals surface area (Å²) in [7, 11) is 0. The molecular weight excluding hydrogens is 685 g/mol. The molecule has 0 bridgehead atoms. The van der Waals surface area contributed by atoms with E-state index in [9.17, 15) is 0 Å². The maximum absolute atomic E-state index is 6.73. The zero-order valence-electron chi connectivity index (χ0n) is 30.0. The Hall–Kier alpha value is -7.63. The molecule has 5 heteroatoms. The largest absolute Gasteiger partial charge is 0.456 e. The van der Waals surface area contributed by atoms with Crippen molar-refractivity contribution in [1.29, 1.82) is 0 Å². The Morgan fingerprint density at radius 1 is 0.339 bits per heavy atom. The molecule has 3 heterocycles. The van der Waals surface area contributed by atoms with E-state index in [0.717, 1.165) is 60.7 Å². The van der Waals surface area contributed by atoms with Gasteiger partial charge < -0.3 is 8.98 Å². The zero-order chi connectivity index (χ0) is 36.7. The molecule has 0 saturated heterocycles. The second kappa shape index (κ2) is 11.9. The normalized spacial score (nSPS) is 11.9. The minimum Gasteiger partial charge on any atom is -0.456 e. The van der Waals surface area contributed by atoms with Crippen molar-refractivity contribution in [1.82, 2.24) is 19.5 Å². The van der Waals surface area contributed by atoms with Crippen molar-refractivity contribution in [3.63, 3.8) is 0 Å². The van der Waals surface area contributed by atoms with Gasteiger partial charge >= 0.3 is 0 Å². The quantitative estimate of drug-likeness (QED) is 0.170. The molecule has 0 radical (unpaired) electrons. The van der Waals surface area contributed by atoms with Crippen LogP contribution in [0.3, 0.4) is 0 Å². The molecule has 0 unspecified atom stereocenters. The summed E-state index contributed by atoms with van der Waals surface area (Å²) in [5, 5.41) is 11.9. The number of rotatable bonds is 4. The average Bonchev–Trinajstić information content (AvgIpc) is 3.80. The summed E-state index contributed by atoms with van der Waals surface area (Å²) in [5.74, 6) is 1.85. The van der Waals surface area contributed by atoms with Crippen LogP contribution in [-0.4, -0.2) is 19.5 Å². The highest BCUT2D eigenvalue weighted by Crippen LogP contribution is 2.43. The topological polar surface area (TPSA) is 56.7 Å². The van der Waals surface area contributed by atoms with Crippen molar-refractivity contribution in [3.8, 4) is 39.9 Å². The molecule has 0 saturated carbocycles. The van der Waals surface area contributed by atoms with E-state index in [2.05, 4.69) is 114 Å². The molecule has 0 aliphatic carbocycles. The highest BCUT2D eigenvalue weighted by Gasteiger charge is 2.21. The fourth-order valence-electron chi connectivity index (χ4n) is 8.72. The van der Waals surface area contributed by atoms with Crippen molar-refractivity contribution in [2.75, 3.05) is 0 Å². The maximum Gasteiger partial charge on any atom is 0.164 e. The smallest absolute Gasteiger partial charge is 0.164 e. The maximum atomic E-state index is 6.73. The number of nitrogens with zero attached hydrogens (tertiary/aromatic N) is 4. The molecule has 0 amide bonds. The summed E-state index contributed by atoms with van der Waals surface area (Å²) in [6.45, 7) is 0. The number of furan rings is 1. The second-order valence-corrected chi connectivity index (χ2v) is 14.4. The number of hydrogen-bond donors (Lipinski definition) is 0. The highest BCUT2D eigenvalue weighted by molar-refractivity contribution is 6.26. The van der Waals surface area contributed by atoms with Gasteiger partial charge in [0.1, 0.15) is 11.2 Å². The lowest BCUT2D eigenvalue weighted by molar-refractivity contribution is 0.669. The van der Waals surface area contributed by atoms with Gasteiger partial charge in [-0.1, -0.05) is 146 Å². The van der Waals surface area contributed by atoms with Gasteiger partial charge in [-0.25, -0.2) is 15.0 Å². The Labute approximate surface area is 320 Å². The molecule has 0 aliphatic heterocycles. The van der Waals surface area contributed by atoms with Gasteiger partial charge in [0.2, 0.25) is 0 Å². The number of benzene rings is 9. The minimum atomic E-state index is 0.601. The number of aromatic nitrogens is 4. The van der Waals surface area contributed by atoms with Crippen LogP contribution in [0, 0.1) is 0 Å². The van der Waals surface area contributed by atoms with Crippen LogP contribution >= 0.6 is 0 Å². The van der Waals surface area contributed by atoms with E-state index < -0.39 is 0 Å². The molecule has 9 aromatic carbocycles. The van der Waals surface area contributed by atoms with Crippen molar-refractivity contribution < 1.29 is 4.42 Å². The fourth-order valence-corrected chi connectivity index (χ4v) is 8.72. The summed E-state index contributed by atoms with van der Waals surface area (Å²) in [6, 6.07) is 63.9. The predicted molar refractivity (Wildman–Crippen MR) is 230 cm³/mol. The SMILES string of the molecule is c1ccc(-c2nc(-c3ccccc3)nc(-c3cccc4oc5cc6c(cc5c34)c3ccccc3n6-c3ccc4c5ccccc5c5ccccc5c4c3)n2)cc1. The zero-order valence-corrected chi connectivity index (χ0v) is 30.0. The summed E-state index contributed by atoms with van der Waals surface area (Å²) in [5.41, 5.74) is 7.68. The van der Waals surface area contributed by atoms with Gasteiger partial charge in [-0.05, 0) is 62.6 Å². The lowest BCUT2D eigenvalue weighted by atomic mass is 9.94. The Morgan fingerprint density at radius 2 is 0.893 bits per heavy atom. The van der Waals surface area contributed by atoms with Crippen molar-refractivity contribution in [2.24, 2.45) is 0 Å². The van der Waals surface area contributed by atoms with Crippen LogP contribution < -0.4 is 0 Å². The highest BCUT2D eigenvalue weighted by atomic mass is 16.3. The molecule has 12 aromatic rings. The fraction of sp³-hybridized carbons (Fsp3) is 0. The van der Waals surface area contributed by atoms with Crippen molar-refractivity contribution in [3.05, 3.63) is 182 Å². The van der Waals surface area contributed by atoms with Crippen LogP contribution in [0.15, 0.2) is 186 Å². The van der Waals surface area contributed by atoms with E-state index in [-0.39, 0.29) is 0 Å². The number of hydrogen-bond acceptors (Lipinski definition) is 4. The standard InChI is InChI=1S/C51H30N4O/c1-3-14-31(15-4-1)49-52-50(32-16-5-2-6-17-32)54-51(53-49)40-23-13-25-46-48(40)43-29-42-39-22-11-12-24-44(39)55(45(42)30-47(43)56-46)33-26-27-38-36-20-8-7-18-34(36)35-19-9-10-21-37(35)41(38)28-33/h1-30H. The van der Waals surface area contributed by atoms with Crippen LogP contribution in [0.2, 0.25) is 0 Å². The number of fused-ring (bicyclic) bond motifs is 12. The summed E-state index contributed by atoms with van der Waals surface area (Å²) in [4.78, 5) is 15.1. The summed E-state index contributed by atoms with van der Waals surface area (Å²) < 4.78 is 9.11. The second-order valence-electron chi connectivity index (χ2n) is 14.4. The van der Waals surface area contributed by atoms with Crippen molar-refractivity contribution in [2.45, 2.75) is 0 Å². The third-order valence-electron chi connectivity index (χ3n) is 11.2. The van der Waals surface area contributed by atoms with E-state index in [1.807, 2.05) is 72.8 Å². The Bertz CT molecular complexity index is 3440. The van der Waals surface area contributed by atoms with Crippen LogP contribution in [0.4, 0.5) is 0 Å². The van der Waals surface area contributed by atoms with Gasteiger partial charge in [0.15, 0.2) is 17.5 Å². The first kappa shape index (κ1) is 30.8. The van der Waals surface area contributed by atoms with Gasteiger partial charge in [-0.2, -0.15) is 0 Å². The average molecular weight is 715 g/mol. The first-order valence-corrected chi connectivity index (χ1v) is 18.9. The lowest BCUT2D eigenvalue weighted by Gasteiger charge is -2.13. The van der Waals surface area contributed by atoms with E-state index in [1.165, 1.54) is 37.7 Å². The first-order chi connectivity index (χ1) is 27.8. The molecular formula is C51H30N4O. The molecule has 0 N–H and O–H groups in total. The van der Waals surface area contributed by atoms with Gasteiger partial charge in [0.25, 0.3) is 0 Å². The molecule has 56 heavy (non-hydrogen) atoms. The Balaban J connectivity index is 1.11. The van der Waals surface area contributed by atoms with Gasteiger partial charge in [0, 0.05) is 50.0 Å². The van der Waals surface area contributed by atoms with E-state index in [1.54, 1.807) is 0 Å².